The molecular weight excluding hydrogens is 414 g/mol. The largest absolute Gasteiger partial charge is 0.395 e. The number of aromatic amines is 1. The molecule has 0 amide bonds. The van der Waals surface area contributed by atoms with Crippen LogP contribution >= 0.6 is 11.8 Å². The van der Waals surface area contributed by atoms with Crippen molar-refractivity contribution in [2.24, 2.45) is 0 Å². The van der Waals surface area contributed by atoms with Gasteiger partial charge in [-0.15, -0.1) is 11.8 Å². The zero-order chi connectivity index (χ0) is 21.8. The fraction of sp³-hybridized carbons (Fsp3) is 0.417. The first-order chi connectivity index (χ1) is 15.0. The third-order valence-electron chi connectivity index (χ3n) is 6.58. The highest BCUT2D eigenvalue weighted by molar-refractivity contribution is 8.00. The Morgan fingerprint density at radius 3 is 2.55 bits per heavy atom. The second-order valence-electron chi connectivity index (χ2n) is 8.44. The van der Waals surface area contributed by atoms with Gasteiger partial charge >= 0.3 is 0 Å². The zero-order valence-electron chi connectivity index (χ0n) is 17.3. The lowest BCUT2D eigenvalue weighted by Gasteiger charge is -2.45. The number of nitrogens with one attached hydrogen (secondary N) is 1. The number of aromatic nitrogens is 1. The average molecular weight is 442 g/mol. The molecule has 5 N–H and O–H groups in total. The van der Waals surface area contributed by atoms with E-state index >= 15 is 0 Å². The summed E-state index contributed by atoms with van der Waals surface area (Å²) in [6.45, 7) is 2.12. The molecule has 5 rings (SSSR count). The number of aliphatic hydroxyl groups excluding tert-OH is 4. The number of hydrogen-bond acceptors (Lipinski definition) is 6. The molecule has 0 radical (unpaired) electrons. The van der Waals surface area contributed by atoms with Gasteiger partial charge in [-0.3, -0.25) is 0 Å². The minimum atomic E-state index is -1.40. The number of aliphatic hydroxyl groups is 4. The summed E-state index contributed by atoms with van der Waals surface area (Å²) >= 11 is 1.19. The van der Waals surface area contributed by atoms with Gasteiger partial charge in [-0.25, -0.2) is 0 Å². The molecule has 0 aliphatic carbocycles. The lowest BCUT2D eigenvalue weighted by atomic mass is 9.91. The van der Waals surface area contributed by atoms with E-state index in [2.05, 4.69) is 36.2 Å². The van der Waals surface area contributed by atoms with Gasteiger partial charge in [0, 0.05) is 22.7 Å². The van der Waals surface area contributed by atoms with Gasteiger partial charge < -0.3 is 30.1 Å². The topological polar surface area (TPSA) is 106 Å². The van der Waals surface area contributed by atoms with Crippen molar-refractivity contribution in [3.63, 3.8) is 0 Å². The van der Waals surface area contributed by atoms with Crippen LogP contribution in [0, 0.1) is 0 Å². The van der Waals surface area contributed by atoms with Crippen molar-refractivity contribution >= 4 is 22.7 Å². The van der Waals surface area contributed by atoms with Crippen LogP contribution < -0.4 is 0 Å². The molecule has 2 aromatic carbocycles. The van der Waals surface area contributed by atoms with Crippen molar-refractivity contribution in [2.45, 2.75) is 54.9 Å². The number of hydrogen-bond donors (Lipinski definition) is 5. The van der Waals surface area contributed by atoms with Gasteiger partial charge in [0.05, 0.1) is 24.6 Å². The molecule has 2 aliphatic heterocycles. The maximum atomic E-state index is 10.9. The van der Waals surface area contributed by atoms with Crippen LogP contribution in [-0.4, -0.2) is 55.6 Å². The third-order valence-corrected chi connectivity index (χ3v) is 8.24. The molecular formula is C24H27NO5S. The van der Waals surface area contributed by atoms with E-state index in [9.17, 15) is 20.4 Å². The summed E-state index contributed by atoms with van der Waals surface area (Å²) in [7, 11) is 0. The first-order valence-electron chi connectivity index (χ1n) is 10.6. The molecule has 1 saturated heterocycles. The summed E-state index contributed by atoms with van der Waals surface area (Å²) in [6, 6.07) is 12.7. The molecule has 1 unspecified atom stereocenters. The summed E-state index contributed by atoms with van der Waals surface area (Å²) in [5.41, 5.74) is 6.38. The molecule has 7 heteroatoms. The first-order valence-corrected chi connectivity index (χ1v) is 11.5. The van der Waals surface area contributed by atoms with E-state index in [1.807, 2.05) is 18.3 Å². The number of rotatable bonds is 4. The average Bonchev–Trinajstić information content (AvgIpc) is 3.35. The Hall–Kier alpha value is -1.87. The zero-order valence-corrected chi connectivity index (χ0v) is 18.1. The summed E-state index contributed by atoms with van der Waals surface area (Å²) in [4.78, 5) is 2.13. The molecule has 1 fully saturated rings. The smallest absolute Gasteiger partial charge is 0.168 e. The van der Waals surface area contributed by atoms with Crippen LogP contribution in [0.15, 0.2) is 42.6 Å². The predicted octanol–water partition coefficient (Wildman–Crippen LogP) is 2.19. The van der Waals surface area contributed by atoms with Gasteiger partial charge in [0.1, 0.15) is 12.2 Å². The number of benzene rings is 2. The second-order valence-corrected chi connectivity index (χ2v) is 9.88. The standard InChI is InChI=1S/C24H27NO5S/c1-2-13-3-5-14(6-4-13)7-15-10-25-19-8-16-12-30-24(18(16)9-17(15)19)23(29)22(28)21(27)20(11-26)31-24/h3-6,8-10,20-23,25-29H,2,7,11-12H2,1H3/t20-,21-,22+,23-,24?/m1/s1. The maximum Gasteiger partial charge on any atom is 0.168 e. The minimum absolute atomic E-state index is 0.295. The molecule has 2 aliphatic rings. The Morgan fingerprint density at radius 1 is 1.10 bits per heavy atom. The first kappa shape index (κ1) is 21.0. The fourth-order valence-electron chi connectivity index (χ4n) is 4.72. The Bertz CT molecular complexity index is 1100. The number of fused-ring (bicyclic) bond motifs is 3. The highest BCUT2D eigenvalue weighted by Crippen LogP contribution is 2.54. The lowest BCUT2D eigenvalue weighted by molar-refractivity contribution is -0.147. The molecule has 1 spiro atoms. The number of thioether (sulfide) groups is 1. The van der Waals surface area contributed by atoms with E-state index in [0.29, 0.717) is 6.61 Å². The Labute approximate surface area is 184 Å². The summed E-state index contributed by atoms with van der Waals surface area (Å²) in [6.07, 6.45) is -0.133. The van der Waals surface area contributed by atoms with Crippen molar-refractivity contribution < 1.29 is 25.2 Å². The van der Waals surface area contributed by atoms with Crippen molar-refractivity contribution in [3.8, 4) is 0 Å². The summed E-state index contributed by atoms with van der Waals surface area (Å²) in [5, 5.41) is 41.7. The molecule has 0 bridgehead atoms. The van der Waals surface area contributed by atoms with Crippen LogP contribution in [0.25, 0.3) is 10.9 Å². The van der Waals surface area contributed by atoms with Gasteiger partial charge in [-0.05, 0) is 47.2 Å². The van der Waals surface area contributed by atoms with E-state index in [4.69, 9.17) is 4.74 Å². The molecule has 5 atom stereocenters. The normalized spacial score (nSPS) is 30.2. The van der Waals surface area contributed by atoms with E-state index in [1.54, 1.807) is 0 Å². The predicted molar refractivity (Wildman–Crippen MR) is 120 cm³/mol. The number of aryl methyl sites for hydroxylation is 1. The third kappa shape index (κ3) is 3.31. The van der Waals surface area contributed by atoms with Gasteiger partial charge in [0.15, 0.2) is 4.93 Å². The Balaban J connectivity index is 1.55. The Morgan fingerprint density at radius 2 is 1.84 bits per heavy atom. The van der Waals surface area contributed by atoms with Crippen LogP contribution in [0.5, 0.6) is 0 Å². The second kappa shape index (κ2) is 7.92. The van der Waals surface area contributed by atoms with Gasteiger partial charge in [-0.1, -0.05) is 31.2 Å². The van der Waals surface area contributed by atoms with E-state index in [-0.39, 0.29) is 6.61 Å². The number of H-pyrrole nitrogens is 1. The maximum absolute atomic E-state index is 10.9. The monoisotopic (exact) mass is 441 g/mol. The molecule has 164 valence electrons. The van der Waals surface area contributed by atoms with Crippen molar-refractivity contribution in [1.29, 1.82) is 0 Å². The van der Waals surface area contributed by atoms with Crippen LogP contribution in [0.2, 0.25) is 0 Å². The van der Waals surface area contributed by atoms with Crippen LogP contribution in [0.1, 0.15) is 34.7 Å². The molecule has 1 aromatic heterocycles. The van der Waals surface area contributed by atoms with E-state index < -0.39 is 28.5 Å². The molecule has 3 heterocycles. The van der Waals surface area contributed by atoms with Gasteiger partial charge in [-0.2, -0.15) is 0 Å². The minimum Gasteiger partial charge on any atom is -0.395 e. The Kier molecular flexibility index (Phi) is 5.37. The van der Waals surface area contributed by atoms with Crippen molar-refractivity contribution in [1.82, 2.24) is 4.98 Å². The van der Waals surface area contributed by atoms with Crippen LogP contribution in [0.3, 0.4) is 0 Å². The molecule has 6 nitrogen and oxygen atoms in total. The molecule has 0 saturated carbocycles. The van der Waals surface area contributed by atoms with Gasteiger partial charge in [0.2, 0.25) is 0 Å². The number of ether oxygens (including phenoxy) is 1. The SMILES string of the molecule is CCc1ccc(Cc2c[nH]c3cc4c(cc23)C2(OC4)S[C@H](CO)[C@@H](O)[C@H](O)[C@H]2O)cc1. The van der Waals surface area contributed by atoms with E-state index in [0.717, 1.165) is 40.4 Å². The van der Waals surface area contributed by atoms with Crippen LogP contribution in [0.4, 0.5) is 0 Å². The summed E-state index contributed by atoms with van der Waals surface area (Å²) < 4.78 is 6.06. The molecule has 3 aromatic rings. The van der Waals surface area contributed by atoms with Crippen molar-refractivity contribution in [3.05, 3.63) is 70.4 Å². The van der Waals surface area contributed by atoms with Crippen molar-refractivity contribution in [2.75, 3.05) is 6.61 Å². The van der Waals surface area contributed by atoms with Gasteiger partial charge in [0.25, 0.3) is 0 Å². The fourth-order valence-corrected chi connectivity index (χ4v) is 6.27. The lowest BCUT2D eigenvalue weighted by Crippen LogP contribution is -2.58. The molecule has 31 heavy (non-hydrogen) atoms. The van der Waals surface area contributed by atoms with E-state index in [1.165, 1.54) is 22.9 Å². The van der Waals surface area contributed by atoms with Crippen LogP contribution in [-0.2, 0) is 29.1 Å². The quantitative estimate of drug-likeness (QED) is 0.425. The highest BCUT2D eigenvalue weighted by Gasteiger charge is 2.57. The summed E-state index contributed by atoms with van der Waals surface area (Å²) in [5.74, 6) is 0. The highest BCUT2D eigenvalue weighted by atomic mass is 32.2.